The highest BCUT2D eigenvalue weighted by Gasteiger charge is 2.37. The Morgan fingerprint density at radius 2 is 2.06 bits per heavy atom. The molecule has 1 aliphatic heterocycles. The molecule has 2 heterocycles. The summed E-state index contributed by atoms with van der Waals surface area (Å²) in [5.41, 5.74) is 1.70. The molecule has 4 nitrogen and oxygen atoms in total. The van der Waals surface area contributed by atoms with E-state index in [0.717, 1.165) is 26.2 Å². The molecule has 1 saturated heterocycles. The monoisotopic (exact) mass is 250 g/mol. The van der Waals surface area contributed by atoms with Gasteiger partial charge in [0.05, 0.1) is 6.20 Å². The summed E-state index contributed by atoms with van der Waals surface area (Å²) in [6.07, 6.45) is 4.15. The van der Waals surface area contributed by atoms with Crippen molar-refractivity contribution >= 4 is 0 Å². The highest BCUT2D eigenvalue weighted by atomic mass is 15.3. The fourth-order valence-electron chi connectivity index (χ4n) is 2.47. The smallest absolute Gasteiger partial charge is 0.0534 e. The Labute approximate surface area is 110 Å². The van der Waals surface area contributed by atoms with Crippen LogP contribution in [-0.4, -0.2) is 38.8 Å². The lowest BCUT2D eigenvalue weighted by Crippen LogP contribution is -2.65. The van der Waals surface area contributed by atoms with Crippen molar-refractivity contribution in [2.45, 2.75) is 58.8 Å². The molecule has 18 heavy (non-hydrogen) atoms. The third-order valence-electron chi connectivity index (χ3n) is 3.83. The van der Waals surface area contributed by atoms with Crippen LogP contribution in [0.5, 0.6) is 0 Å². The second-order valence-electron chi connectivity index (χ2n) is 6.61. The summed E-state index contributed by atoms with van der Waals surface area (Å²) in [6, 6.07) is 0. The van der Waals surface area contributed by atoms with Gasteiger partial charge in [-0.1, -0.05) is 0 Å². The lowest BCUT2D eigenvalue weighted by atomic mass is 9.91. The van der Waals surface area contributed by atoms with E-state index in [4.69, 9.17) is 0 Å². The van der Waals surface area contributed by atoms with Crippen LogP contribution in [0, 0.1) is 0 Å². The third kappa shape index (κ3) is 2.93. The predicted molar refractivity (Wildman–Crippen MR) is 74.5 cm³/mol. The van der Waals surface area contributed by atoms with Gasteiger partial charge in [0.25, 0.3) is 0 Å². The zero-order valence-corrected chi connectivity index (χ0v) is 12.3. The molecular weight excluding hydrogens is 224 g/mol. The van der Waals surface area contributed by atoms with E-state index in [9.17, 15) is 0 Å². The van der Waals surface area contributed by atoms with E-state index in [0.29, 0.717) is 0 Å². The molecule has 1 aromatic rings. The minimum absolute atomic E-state index is 0.191. The summed E-state index contributed by atoms with van der Waals surface area (Å²) in [6.45, 7) is 15.3. The maximum absolute atomic E-state index is 4.36. The van der Waals surface area contributed by atoms with Crippen LogP contribution in [0.4, 0.5) is 0 Å². The Morgan fingerprint density at radius 1 is 1.33 bits per heavy atom. The van der Waals surface area contributed by atoms with E-state index >= 15 is 0 Å². The summed E-state index contributed by atoms with van der Waals surface area (Å²) in [4.78, 5) is 2.56. The van der Waals surface area contributed by atoms with E-state index < -0.39 is 0 Å². The number of piperazine rings is 1. The largest absolute Gasteiger partial charge is 0.309 e. The van der Waals surface area contributed by atoms with Crippen molar-refractivity contribution in [1.29, 1.82) is 0 Å². The molecule has 4 heteroatoms. The molecule has 0 bridgehead atoms. The molecule has 0 unspecified atom stereocenters. The van der Waals surface area contributed by atoms with Crippen molar-refractivity contribution in [3.63, 3.8) is 0 Å². The molecule has 1 aliphatic rings. The van der Waals surface area contributed by atoms with Crippen LogP contribution in [0.1, 0.15) is 40.2 Å². The Kier molecular flexibility index (Phi) is 3.52. The first-order valence-electron chi connectivity index (χ1n) is 6.84. The summed E-state index contributed by atoms with van der Waals surface area (Å²) < 4.78 is 2.00. The van der Waals surface area contributed by atoms with Crippen LogP contribution in [0.15, 0.2) is 12.4 Å². The minimum atomic E-state index is 0.191. The van der Waals surface area contributed by atoms with Crippen molar-refractivity contribution in [2.75, 3.05) is 13.1 Å². The Morgan fingerprint density at radius 3 is 2.67 bits per heavy atom. The first-order chi connectivity index (χ1) is 8.32. The SMILES string of the molecule is CCn1cc(CN2CC(C)(C)NCC2(C)C)cn1. The topological polar surface area (TPSA) is 33.1 Å². The Balaban J connectivity index is 2.10. The van der Waals surface area contributed by atoms with E-state index in [1.54, 1.807) is 0 Å². The summed E-state index contributed by atoms with van der Waals surface area (Å²) in [5, 5.41) is 7.98. The van der Waals surface area contributed by atoms with Gasteiger partial charge in [-0.3, -0.25) is 9.58 Å². The van der Waals surface area contributed by atoms with E-state index in [-0.39, 0.29) is 11.1 Å². The van der Waals surface area contributed by atoms with Gasteiger partial charge in [0.15, 0.2) is 0 Å². The second-order valence-corrected chi connectivity index (χ2v) is 6.61. The molecule has 0 saturated carbocycles. The molecule has 1 N–H and O–H groups in total. The maximum atomic E-state index is 4.36. The van der Waals surface area contributed by atoms with Gasteiger partial charge in [-0.15, -0.1) is 0 Å². The van der Waals surface area contributed by atoms with Crippen molar-refractivity contribution < 1.29 is 0 Å². The lowest BCUT2D eigenvalue weighted by Gasteiger charge is -2.49. The number of nitrogens with one attached hydrogen (secondary N) is 1. The molecule has 0 amide bonds. The van der Waals surface area contributed by atoms with Crippen LogP contribution in [0.2, 0.25) is 0 Å². The average Bonchev–Trinajstić information content (AvgIpc) is 2.72. The minimum Gasteiger partial charge on any atom is -0.309 e. The molecule has 0 atom stereocenters. The van der Waals surface area contributed by atoms with E-state index in [1.165, 1.54) is 5.56 Å². The predicted octanol–water partition coefficient (Wildman–Crippen LogP) is 1.87. The molecule has 0 aliphatic carbocycles. The number of hydrogen-bond acceptors (Lipinski definition) is 3. The molecule has 0 spiro atoms. The molecule has 2 rings (SSSR count). The van der Waals surface area contributed by atoms with Crippen molar-refractivity contribution in [1.82, 2.24) is 20.0 Å². The molecule has 0 aromatic carbocycles. The van der Waals surface area contributed by atoms with Crippen LogP contribution >= 0.6 is 0 Å². The van der Waals surface area contributed by atoms with Crippen LogP contribution < -0.4 is 5.32 Å². The third-order valence-corrected chi connectivity index (χ3v) is 3.83. The highest BCUT2D eigenvalue weighted by Crippen LogP contribution is 2.25. The van der Waals surface area contributed by atoms with Gasteiger partial charge in [-0.05, 0) is 34.6 Å². The normalized spacial score (nSPS) is 23.2. The second kappa shape index (κ2) is 4.67. The molecule has 0 radical (unpaired) electrons. The van der Waals surface area contributed by atoms with Gasteiger partial charge < -0.3 is 5.32 Å². The van der Waals surface area contributed by atoms with Gasteiger partial charge in [0, 0.05) is 49.0 Å². The quantitative estimate of drug-likeness (QED) is 0.889. The zero-order valence-electron chi connectivity index (χ0n) is 12.3. The molecule has 102 valence electrons. The van der Waals surface area contributed by atoms with Gasteiger partial charge >= 0.3 is 0 Å². The standard InChI is InChI=1S/C14H26N4/c1-6-18-9-12(7-16-18)8-17-11-13(2,3)15-10-14(17,4)5/h7,9,15H,6,8,10-11H2,1-5H3. The zero-order chi connectivity index (χ0) is 13.4. The maximum Gasteiger partial charge on any atom is 0.0534 e. The summed E-state index contributed by atoms with van der Waals surface area (Å²) in [7, 11) is 0. The summed E-state index contributed by atoms with van der Waals surface area (Å²) >= 11 is 0. The van der Waals surface area contributed by atoms with Gasteiger partial charge in [-0.25, -0.2) is 0 Å². The van der Waals surface area contributed by atoms with Gasteiger partial charge in [0.1, 0.15) is 0 Å². The number of aromatic nitrogens is 2. The molecule has 1 aromatic heterocycles. The number of aryl methyl sites for hydroxylation is 1. The van der Waals surface area contributed by atoms with Crippen molar-refractivity contribution in [2.24, 2.45) is 0 Å². The number of rotatable bonds is 3. The van der Waals surface area contributed by atoms with Crippen molar-refractivity contribution in [3.05, 3.63) is 18.0 Å². The fraction of sp³-hybridized carbons (Fsp3) is 0.786. The van der Waals surface area contributed by atoms with E-state index in [2.05, 4.69) is 56.1 Å². The summed E-state index contributed by atoms with van der Waals surface area (Å²) in [5.74, 6) is 0. The highest BCUT2D eigenvalue weighted by molar-refractivity contribution is 5.07. The van der Waals surface area contributed by atoms with Crippen LogP contribution in [0.25, 0.3) is 0 Å². The van der Waals surface area contributed by atoms with Crippen LogP contribution in [-0.2, 0) is 13.1 Å². The number of nitrogens with zero attached hydrogens (tertiary/aromatic N) is 3. The molecule has 1 fully saturated rings. The van der Waals surface area contributed by atoms with Gasteiger partial charge in [0.2, 0.25) is 0 Å². The van der Waals surface area contributed by atoms with E-state index in [1.807, 2.05) is 10.9 Å². The first-order valence-corrected chi connectivity index (χ1v) is 6.84. The average molecular weight is 250 g/mol. The van der Waals surface area contributed by atoms with Crippen LogP contribution in [0.3, 0.4) is 0 Å². The first kappa shape index (κ1) is 13.6. The lowest BCUT2D eigenvalue weighted by molar-refractivity contribution is 0.0324. The number of hydrogen-bond donors (Lipinski definition) is 1. The Hall–Kier alpha value is -0.870. The van der Waals surface area contributed by atoms with Gasteiger partial charge in [-0.2, -0.15) is 5.10 Å². The van der Waals surface area contributed by atoms with Crippen molar-refractivity contribution in [3.8, 4) is 0 Å². The fourth-order valence-corrected chi connectivity index (χ4v) is 2.47. The Bertz CT molecular complexity index is 406. The molecular formula is C14H26N4.